The van der Waals surface area contributed by atoms with E-state index >= 15 is 0 Å². The van der Waals surface area contributed by atoms with Crippen molar-refractivity contribution in [3.05, 3.63) is 96.1 Å². The lowest BCUT2D eigenvalue weighted by molar-refractivity contribution is -0.120. The van der Waals surface area contributed by atoms with E-state index in [9.17, 15) is 9.59 Å². The average molecular weight is 374 g/mol. The van der Waals surface area contributed by atoms with Crippen molar-refractivity contribution < 1.29 is 14.3 Å². The van der Waals surface area contributed by atoms with Gasteiger partial charge < -0.3 is 15.4 Å². The molecule has 0 aliphatic heterocycles. The van der Waals surface area contributed by atoms with Crippen molar-refractivity contribution in [2.75, 3.05) is 23.8 Å². The molecule has 0 radical (unpaired) electrons. The molecule has 2 N–H and O–H groups in total. The molecular weight excluding hydrogens is 352 g/mol. The maximum atomic E-state index is 12.2. The molecule has 0 unspecified atom stereocenters. The van der Waals surface area contributed by atoms with Crippen molar-refractivity contribution in [3.63, 3.8) is 0 Å². The van der Waals surface area contributed by atoms with E-state index in [2.05, 4.69) is 10.6 Å². The fraction of sp³-hybridized carbons (Fsp3) is 0.130. The van der Waals surface area contributed by atoms with Crippen LogP contribution in [0.15, 0.2) is 84.9 Å². The van der Waals surface area contributed by atoms with Crippen molar-refractivity contribution in [3.8, 4) is 0 Å². The zero-order valence-electron chi connectivity index (χ0n) is 15.4. The maximum absolute atomic E-state index is 12.2. The van der Waals surface area contributed by atoms with Crippen LogP contribution < -0.4 is 10.6 Å². The Labute approximate surface area is 164 Å². The van der Waals surface area contributed by atoms with Crippen LogP contribution in [0.5, 0.6) is 0 Å². The summed E-state index contributed by atoms with van der Waals surface area (Å²) < 4.78 is 5.44. The van der Waals surface area contributed by atoms with E-state index in [1.807, 2.05) is 48.5 Å². The Morgan fingerprint density at radius 1 is 0.750 bits per heavy atom. The van der Waals surface area contributed by atoms with Crippen molar-refractivity contribution in [1.82, 2.24) is 0 Å². The van der Waals surface area contributed by atoms with E-state index in [0.29, 0.717) is 23.5 Å². The van der Waals surface area contributed by atoms with Gasteiger partial charge in [-0.1, -0.05) is 54.6 Å². The number of carbonyl (C=O) groups excluding carboxylic acids is 2. The van der Waals surface area contributed by atoms with E-state index in [0.717, 1.165) is 6.42 Å². The van der Waals surface area contributed by atoms with Crippen LogP contribution in [-0.2, 0) is 16.0 Å². The minimum absolute atomic E-state index is 0.0204. The van der Waals surface area contributed by atoms with Gasteiger partial charge in [0.15, 0.2) is 0 Å². The molecule has 5 nitrogen and oxygen atoms in total. The smallest absolute Gasteiger partial charge is 0.255 e. The molecule has 0 spiro atoms. The summed E-state index contributed by atoms with van der Waals surface area (Å²) in [6.45, 7) is 0.456. The first kappa shape index (κ1) is 19.3. The Morgan fingerprint density at radius 3 is 2.11 bits per heavy atom. The quantitative estimate of drug-likeness (QED) is 0.583. The lowest BCUT2D eigenvalue weighted by atomic mass is 10.2. The summed E-state index contributed by atoms with van der Waals surface area (Å²) in [6, 6.07) is 26.0. The van der Waals surface area contributed by atoms with Gasteiger partial charge in [-0.3, -0.25) is 9.59 Å². The number of ether oxygens (including phenoxy) is 1. The molecule has 0 aromatic heterocycles. The van der Waals surface area contributed by atoms with Gasteiger partial charge >= 0.3 is 0 Å². The van der Waals surface area contributed by atoms with E-state index in [4.69, 9.17) is 4.74 Å². The molecule has 28 heavy (non-hydrogen) atoms. The van der Waals surface area contributed by atoms with Crippen molar-refractivity contribution >= 4 is 23.2 Å². The third-order valence-electron chi connectivity index (χ3n) is 4.05. The van der Waals surface area contributed by atoms with Crippen LogP contribution >= 0.6 is 0 Å². The van der Waals surface area contributed by atoms with Gasteiger partial charge in [-0.25, -0.2) is 0 Å². The standard InChI is InChI=1S/C23H22N2O3/c26-22(17-28-15-14-18-8-3-1-4-9-18)24-20-12-7-13-21(16-20)25-23(27)19-10-5-2-6-11-19/h1-13,16H,14-15,17H2,(H,24,26)(H,25,27). The van der Waals surface area contributed by atoms with Gasteiger partial charge in [-0.2, -0.15) is 0 Å². The van der Waals surface area contributed by atoms with Crippen molar-refractivity contribution in [2.24, 2.45) is 0 Å². The minimum atomic E-state index is -0.236. The predicted octanol–water partition coefficient (Wildman–Crippen LogP) is 4.14. The van der Waals surface area contributed by atoms with Crippen LogP contribution in [-0.4, -0.2) is 25.0 Å². The fourth-order valence-electron chi connectivity index (χ4n) is 2.66. The molecule has 0 atom stereocenters. The number of benzene rings is 3. The van der Waals surface area contributed by atoms with E-state index in [1.54, 1.807) is 36.4 Å². The number of carbonyl (C=O) groups is 2. The van der Waals surface area contributed by atoms with Crippen LogP contribution in [0.2, 0.25) is 0 Å². The molecule has 0 aliphatic carbocycles. The van der Waals surface area contributed by atoms with Gasteiger partial charge in [0.25, 0.3) is 5.91 Å². The highest BCUT2D eigenvalue weighted by Crippen LogP contribution is 2.16. The van der Waals surface area contributed by atoms with Gasteiger partial charge in [0.1, 0.15) is 6.61 Å². The van der Waals surface area contributed by atoms with Crippen LogP contribution in [0.3, 0.4) is 0 Å². The summed E-state index contributed by atoms with van der Waals surface area (Å²) in [5, 5.41) is 5.60. The minimum Gasteiger partial charge on any atom is -0.371 e. The molecule has 5 heteroatoms. The summed E-state index contributed by atoms with van der Waals surface area (Å²) >= 11 is 0. The Kier molecular flexibility index (Phi) is 6.93. The zero-order chi connectivity index (χ0) is 19.6. The summed E-state index contributed by atoms with van der Waals surface area (Å²) in [6.07, 6.45) is 0.759. The van der Waals surface area contributed by atoms with Gasteiger partial charge in [0, 0.05) is 16.9 Å². The summed E-state index contributed by atoms with van der Waals surface area (Å²) in [7, 11) is 0. The molecule has 0 heterocycles. The largest absolute Gasteiger partial charge is 0.371 e. The highest BCUT2D eigenvalue weighted by molar-refractivity contribution is 6.04. The lowest BCUT2D eigenvalue weighted by Gasteiger charge is -2.09. The van der Waals surface area contributed by atoms with Gasteiger partial charge in [0.05, 0.1) is 6.61 Å². The normalized spacial score (nSPS) is 10.3. The third-order valence-corrected chi connectivity index (χ3v) is 4.05. The summed E-state index contributed by atoms with van der Waals surface area (Å²) in [5.41, 5.74) is 2.95. The first-order valence-corrected chi connectivity index (χ1v) is 9.09. The first-order chi connectivity index (χ1) is 13.7. The Bertz CT molecular complexity index is 911. The second-order valence-electron chi connectivity index (χ2n) is 6.24. The average Bonchev–Trinajstić information content (AvgIpc) is 2.73. The Morgan fingerprint density at radius 2 is 1.39 bits per heavy atom. The van der Waals surface area contributed by atoms with Gasteiger partial charge in [0.2, 0.25) is 5.91 Å². The summed E-state index contributed by atoms with van der Waals surface area (Å²) in [5.74, 6) is -0.437. The molecule has 2 amide bonds. The molecule has 0 saturated heterocycles. The second kappa shape index (κ2) is 10.0. The van der Waals surface area contributed by atoms with Crippen molar-refractivity contribution in [2.45, 2.75) is 6.42 Å². The number of nitrogens with one attached hydrogen (secondary N) is 2. The monoisotopic (exact) mass is 374 g/mol. The highest BCUT2D eigenvalue weighted by atomic mass is 16.5. The number of rotatable bonds is 8. The van der Waals surface area contributed by atoms with Crippen LogP contribution in [0, 0.1) is 0 Å². The van der Waals surface area contributed by atoms with Gasteiger partial charge in [-0.05, 0) is 42.3 Å². The van der Waals surface area contributed by atoms with Crippen LogP contribution in [0.25, 0.3) is 0 Å². The molecule has 0 fully saturated rings. The second-order valence-corrected chi connectivity index (χ2v) is 6.24. The summed E-state index contributed by atoms with van der Waals surface area (Å²) in [4.78, 5) is 24.3. The Hall–Kier alpha value is -3.44. The fourth-order valence-corrected chi connectivity index (χ4v) is 2.66. The number of amides is 2. The predicted molar refractivity (Wildman–Crippen MR) is 110 cm³/mol. The molecule has 3 rings (SSSR count). The molecule has 142 valence electrons. The zero-order valence-corrected chi connectivity index (χ0v) is 15.4. The van der Waals surface area contributed by atoms with E-state index in [-0.39, 0.29) is 18.4 Å². The first-order valence-electron chi connectivity index (χ1n) is 9.09. The van der Waals surface area contributed by atoms with Crippen LogP contribution in [0.1, 0.15) is 15.9 Å². The SMILES string of the molecule is O=C(COCCc1ccccc1)Nc1cccc(NC(=O)c2ccccc2)c1. The number of hydrogen-bond acceptors (Lipinski definition) is 3. The molecule has 0 bridgehead atoms. The van der Waals surface area contributed by atoms with Gasteiger partial charge in [-0.15, -0.1) is 0 Å². The van der Waals surface area contributed by atoms with Crippen LogP contribution in [0.4, 0.5) is 11.4 Å². The maximum Gasteiger partial charge on any atom is 0.255 e. The topological polar surface area (TPSA) is 67.4 Å². The molecule has 3 aromatic carbocycles. The molecule has 3 aromatic rings. The molecule has 0 saturated carbocycles. The molecule has 0 aliphatic rings. The number of hydrogen-bond donors (Lipinski definition) is 2. The number of anilines is 2. The van der Waals surface area contributed by atoms with E-state index < -0.39 is 0 Å². The lowest BCUT2D eigenvalue weighted by Crippen LogP contribution is -2.19. The Balaban J connectivity index is 1.46. The van der Waals surface area contributed by atoms with E-state index in [1.165, 1.54) is 5.56 Å². The van der Waals surface area contributed by atoms with Crippen molar-refractivity contribution in [1.29, 1.82) is 0 Å². The third kappa shape index (κ3) is 6.07. The molecular formula is C23H22N2O3. The highest BCUT2D eigenvalue weighted by Gasteiger charge is 2.07.